The molecule has 252 valence electrons. The van der Waals surface area contributed by atoms with Gasteiger partial charge in [0.25, 0.3) is 0 Å². The smallest absolute Gasteiger partial charge is 0.243 e. The van der Waals surface area contributed by atoms with Gasteiger partial charge >= 0.3 is 0 Å². The molecule has 46 heavy (non-hydrogen) atoms. The molecule has 4 rings (SSSR count). The number of benzene rings is 2. The molecule has 0 unspecified atom stereocenters. The Morgan fingerprint density at radius 3 is 2.35 bits per heavy atom. The van der Waals surface area contributed by atoms with E-state index in [-0.39, 0.29) is 38.6 Å². The van der Waals surface area contributed by atoms with Crippen molar-refractivity contribution in [2.75, 3.05) is 25.9 Å². The van der Waals surface area contributed by atoms with Crippen LogP contribution in [0.4, 0.5) is 0 Å². The van der Waals surface area contributed by atoms with Crippen molar-refractivity contribution in [3.05, 3.63) is 69.2 Å². The first-order valence-corrected chi connectivity index (χ1v) is 18.2. The van der Waals surface area contributed by atoms with Gasteiger partial charge in [0, 0.05) is 43.0 Å². The largest absolute Gasteiger partial charge is 0.372 e. The zero-order valence-electron chi connectivity index (χ0n) is 26.2. The van der Waals surface area contributed by atoms with Gasteiger partial charge in [-0.05, 0) is 85.6 Å². The second-order valence-corrected chi connectivity index (χ2v) is 14.7. The minimum atomic E-state index is -3.71. The van der Waals surface area contributed by atoms with Crippen molar-refractivity contribution in [3.63, 3.8) is 0 Å². The van der Waals surface area contributed by atoms with Gasteiger partial charge in [0.05, 0.1) is 19.0 Å². The Labute approximate surface area is 281 Å². The molecular weight excluding hydrogens is 653 g/mol. The number of ether oxygens (including phenoxy) is 1. The lowest BCUT2D eigenvalue weighted by Crippen LogP contribution is -2.53. The van der Waals surface area contributed by atoms with E-state index in [0.717, 1.165) is 48.9 Å². The molecule has 2 heterocycles. The monoisotopic (exact) mass is 695 g/mol. The first-order valence-electron chi connectivity index (χ1n) is 15.5. The van der Waals surface area contributed by atoms with Crippen molar-refractivity contribution in [3.8, 4) is 0 Å². The molecule has 0 bridgehead atoms. The summed E-state index contributed by atoms with van der Waals surface area (Å²) < 4.78 is 33.4. The third-order valence-corrected chi connectivity index (χ3v) is 9.57. The molecule has 0 radical (unpaired) electrons. The highest BCUT2D eigenvalue weighted by Gasteiger charge is 2.42. The fourth-order valence-corrected chi connectivity index (χ4v) is 6.98. The van der Waals surface area contributed by atoms with Crippen molar-refractivity contribution in [1.82, 2.24) is 25.6 Å². The summed E-state index contributed by atoms with van der Waals surface area (Å²) in [5.74, 6) is -0.651. The maximum atomic E-state index is 14.1. The van der Waals surface area contributed by atoms with Crippen molar-refractivity contribution < 1.29 is 27.5 Å². The van der Waals surface area contributed by atoms with Crippen LogP contribution in [0, 0.1) is 5.92 Å². The van der Waals surface area contributed by atoms with E-state index >= 15 is 0 Å². The van der Waals surface area contributed by atoms with Crippen LogP contribution in [0.1, 0.15) is 55.7 Å². The Morgan fingerprint density at radius 1 is 1.00 bits per heavy atom. The van der Waals surface area contributed by atoms with Crippen LogP contribution in [-0.2, 0) is 48.8 Å². The topological polar surface area (TPSA) is 146 Å². The third kappa shape index (κ3) is 11.2. The number of carbonyl (C=O) groups is 3. The van der Waals surface area contributed by atoms with Crippen LogP contribution in [0.5, 0.6) is 0 Å². The molecule has 2 aliphatic heterocycles. The van der Waals surface area contributed by atoms with Gasteiger partial charge in [-0.3, -0.25) is 14.4 Å². The van der Waals surface area contributed by atoms with Gasteiger partial charge in [0.1, 0.15) is 12.1 Å². The molecule has 0 aliphatic carbocycles. The number of sulfonamides is 1. The lowest BCUT2D eigenvalue weighted by molar-refractivity contribution is -0.140. The van der Waals surface area contributed by atoms with Gasteiger partial charge in [0.2, 0.25) is 27.7 Å². The van der Waals surface area contributed by atoms with Crippen LogP contribution >= 0.6 is 23.2 Å². The Hall–Kier alpha value is -2.74. The summed E-state index contributed by atoms with van der Waals surface area (Å²) in [7, 11) is -3.71. The first-order chi connectivity index (χ1) is 21.9. The normalized spacial score (nSPS) is 19.5. The molecule has 3 amide bonds. The Kier molecular flexibility index (Phi) is 13.3. The molecule has 4 N–H and O–H groups in total. The zero-order valence-corrected chi connectivity index (χ0v) is 28.5. The fraction of sp³-hybridized carbons (Fsp3) is 0.531. The highest BCUT2D eigenvalue weighted by atomic mass is 35.5. The molecule has 0 spiro atoms. The van der Waals surface area contributed by atoms with Crippen molar-refractivity contribution in [1.29, 1.82) is 0 Å². The summed E-state index contributed by atoms with van der Waals surface area (Å²) in [6, 6.07) is 10.6. The highest BCUT2D eigenvalue weighted by Crippen LogP contribution is 2.26. The first kappa shape index (κ1) is 36.1. The molecular formula is C32H43Cl2N5O6S. The number of piperidine rings is 1. The lowest BCUT2D eigenvalue weighted by atomic mass is 9.91. The average Bonchev–Trinajstić information content (AvgIpc) is 3.45. The summed E-state index contributed by atoms with van der Waals surface area (Å²) in [6.45, 7) is 3.98. The number of rotatable bonds is 14. The number of hydrogen-bond donors (Lipinski definition) is 4. The van der Waals surface area contributed by atoms with Gasteiger partial charge < -0.3 is 25.6 Å². The number of carbonyl (C=O) groups excluding carboxylic acids is 3. The van der Waals surface area contributed by atoms with E-state index in [0.29, 0.717) is 28.8 Å². The molecule has 2 aliphatic rings. The number of nitrogens with zero attached hydrogens (tertiary/aromatic N) is 1. The molecule has 2 aromatic rings. The van der Waals surface area contributed by atoms with Gasteiger partial charge in [-0.2, -0.15) is 0 Å². The predicted octanol–water partition coefficient (Wildman–Crippen LogP) is 3.13. The molecule has 11 nitrogen and oxygen atoms in total. The summed E-state index contributed by atoms with van der Waals surface area (Å²) in [4.78, 5) is 40.8. The predicted molar refractivity (Wildman–Crippen MR) is 178 cm³/mol. The Bertz CT molecular complexity index is 1470. The highest BCUT2D eigenvalue weighted by molar-refractivity contribution is 7.88. The summed E-state index contributed by atoms with van der Waals surface area (Å²) in [5, 5.41) is 10.1. The summed E-state index contributed by atoms with van der Waals surface area (Å²) >= 11 is 12.3. The maximum absolute atomic E-state index is 14.1. The van der Waals surface area contributed by atoms with E-state index in [2.05, 4.69) is 20.7 Å². The van der Waals surface area contributed by atoms with Crippen LogP contribution in [-0.4, -0.2) is 75.1 Å². The van der Waals surface area contributed by atoms with Crippen LogP contribution in [0.25, 0.3) is 0 Å². The van der Waals surface area contributed by atoms with E-state index in [1.54, 1.807) is 30.3 Å². The molecule has 2 aromatic carbocycles. The van der Waals surface area contributed by atoms with Gasteiger partial charge in [-0.15, -0.1) is 0 Å². The van der Waals surface area contributed by atoms with Crippen LogP contribution < -0.4 is 20.7 Å². The van der Waals surface area contributed by atoms with E-state index in [1.807, 2.05) is 12.1 Å². The average molecular weight is 697 g/mol. The fourth-order valence-electron chi connectivity index (χ4n) is 5.92. The van der Waals surface area contributed by atoms with E-state index in [9.17, 15) is 22.8 Å². The Morgan fingerprint density at radius 2 is 1.67 bits per heavy atom. The van der Waals surface area contributed by atoms with E-state index in [4.69, 9.17) is 27.9 Å². The van der Waals surface area contributed by atoms with Crippen molar-refractivity contribution >= 4 is 50.9 Å². The van der Waals surface area contributed by atoms with Gasteiger partial charge in [0.15, 0.2) is 0 Å². The minimum Gasteiger partial charge on any atom is -0.372 e. The molecule has 2 saturated heterocycles. The number of amides is 3. The second-order valence-electron chi connectivity index (χ2n) is 12.1. The summed E-state index contributed by atoms with van der Waals surface area (Å²) in [6.07, 6.45) is 3.75. The maximum Gasteiger partial charge on any atom is 0.243 e. The molecule has 3 atom stereocenters. The molecule has 2 fully saturated rings. The van der Waals surface area contributed by atoms with Crippen LogP contribution in [0.15, 0.2) is 42.5 Å². The van der Waals surface area contributed by atoms with Crippen LogP contribution in [0.2, 0.25) is 10.0 Å². The SMILES string of the molecule is CC(=O)NCc1ccc(Cl)cc1CNC(=O)[C@H]1C[C@@H](OCc2ccc(Cl)cc2)CN1C(=O)[C@@H](CCC1CCNCC1)NS(C)(=O)=O. The minimum absolute atomic E-state index is 0.115. The summed E-state index contributed by atoms with van der Waals surface area (Å²) in [5.41, 5.74) is 2.40. The molecule has 14 heteroatoms. The number of hydrogen-bond acceptors (Lipinski definition) is 7. The van der Waals surface area contributed by atoms with E-state index in [1.165, 1.54) is 11.8 Å². The standard InChI is InChI=1S/C32H43Cl2N5O6S/c1-21(40)36-17-24-6-9-27(34)15-25(24)18-37-31(41)30-16-28(45-20-23-3-7-26(33)8-4-23)19-39(30)32(42)29(38-46(2,43)44)10-5-22-11-13-35-14-12-22/h3-4,6-9,15,22,28-30,35,38H,5,10-14,16-20H2,1-2H3,(H,36,40)(H,37,41)/t28-,29-,30-/m1/s1. The third-order valence-electron chi connectivity index (χ3n) is 8.37. The van der Waals surface area contributed by atoms with Crippen LogP contribution in [0.3, 0.4) is 0 Å². The molecule has 0 saturated carbocycles. The second kappa shape index (κ2) is 16.9. The van der Waals surface area contributed by atoms with E-state index < -0.39 is 40.0 Å². The quantitative estimate of drug-likeness (QED) is 0.238. The molecule has 0 aromatic heterocycles. The Balaban J connectivity index is 1.51. The lowest BCUT2D eigenvalue weighted by Gasteiger charge is -2.30. The van der Waals surface area contributed by atoms with Gasteiger partial charge in [-0.25, -0.2) is 13.1 Å². The number of halogens is 2. The van der Waals surface area contributed by atoms with Gasteiger partial charge in [-0.1, -0.05) is 41.4 Å². The van der Waals surface area contributed by atoms with Crippen molar-refractivity contribution in [2.24, 2.45) is 5.92 Å². The number of likely N-dealkylation sites (tertiary alicyclic amines) is 1. The zero-order chi connectivity index (χ0) is 33.3. The number of nitrogens with one attached hydrogen (secondary N) is 4. The van der Waals surface area contributed by atoms with Crippen molar-refractivity contribution in [2.45, 2.75) is 76.9 Å².